The van der Waals surface area contributed by atoms with Crippen molar-refractivity contribution in [1.82, 2.24) is 4.98 Å². The fourth-order valence-electron chi connectivity index (χ4n) is 1.28. The number of hydrogen-bond acceptors (Lipinski definition) is 2. The van der Waals surface area contributed by atoms with Crippen molar-refractivity contribution in [2.24, 2.45) is 0 Å². The summed E-state index contributed by atoms with van der Waals surface area (Å²) in [5.41, 5.74) is -0.531. The highest BCUT2D eigenvalue weighted by atomic mass is 79.9. The molecule has 2 aromatic rings. The summed E-state index contributed by atoms with van der Waals surface area (Å²) in [4.78, 5) is 13.3. The minimum absolute atomic E-state index is 0.00405. The topological polar surface area (TPSA) is 53.1 Å². The minimum Gasteiger partial charge on any atom is -0.507 e. The number of rotatable bonds is 0. The first-order valence-electron chi connectivity index (χ1n) is 3.79. The van der Waals surface area contributed by atoms with Gasteiger partial charge in [-0.3, -0.25) is 4.79 Å². The summed E-state index contributed by atoms with van der Waals surface area (Å²) in [5, 5.41) is 9.71. The van der Waals surface area contributed by atoms with Gasteiger partial charge in [-0.2, -0.15) is 0 Å². The number of aromatic amines is 1. The largest absolute Gasteiger partial charge is 0.507 e. The van der Waals surface area contributed by atoms with Crippen molar-refractivity contribution in [1.29, 1.82) is 0 Å². The van der Waals surface area contributed by atoms with Crippen molar-refractivity contribution in [2.75, 3.05) is 0 Å². The van der Waals surface area contributed by atoms with Crippen LogP contribution in [0.2, 0.25) is 0 Å². The van der Waals surface area contributed by atoms with Crippen molar-refractivity contribution in [2.45, 2.75) is 0 Å². The maximum Gasteiger partial charge on any atom is 0.252 e. The van der Waals surface area contributed by atoms with E-state index in [0.29, 0.717) is 4.47 Å². The van der Waals surface area contributed by atoms with E-state index in [1.54, 1.807) is 0 Å². The van der Waals surface area contributed by atoms with Gasteiger partial charge in [0.1, 0.15) is 11.6 Å². The molecule has 2 rings (SSSR count). The Morgan fingerprint density at radius 2 is 2.14 bits per heavy atom. The molecule has 0 aliphatic rings. The quantitative estimate of drug-likeness (QED) is 0.760. The Hall–Kier alpha value is -1.36. The maximum absolute atomic E-state index is 13.2. The molecule has 1 aromatic carbocycles. The second-order valence-electron chi connectivity index (χ2n) is 2.80. The average molecular weight is 258 g/mol. The van der Waals surface area contributed by atoms with E-state index >= 15 is 0 Å². The van der Waals surface area contributed by atoms with E-state index in [9.17, 15) is 14.3 Å². The van der Waals surface area contributed by atoms with Gasteiger partial charge in [0.15, 0.2) is 0 Å². The standard InChI is InChI=1S/C9H5BrFNO2/c10-4-1-2-5(11)9-8(4)6(13)3-7(14)12-9/h1-3H,(H2,12,13,14). The first kappa shape index (κ1) is 9.21. The molecule has 72 valence electrons. The van der Waals surface area contributed by atoms with Gasteiger partial charge in [0, 0.05) is 10.5 Å². The Morgan fingerprint density at radius 3 is 2.86 bits per heavy atom. The lowest BCUT2D eigenvalue weighted by molar-refractivity contribution is 0.480. The number of halogens is 2. The van der Waals surface area contributed by atoms with Crippen molar-refractivity contribution in [3.05, 3.63) is 38.8 Å². The third-order valence-corrected chi connectivity index (χ3v) is 2.54. The van der Waals surface area contributed by atoms with Gasteiger partial charge in [-0.05, 0) is 28.1 Å². The van der Waals surface area contributed by atoms with Crippen LogP contribution in [-0.4, -0.2) is 10.1 Å². The first-order valence-corrected chi connectivity index (χ1v) is 4.59. The van der Waals surface area contributed by atoms with Crippen molar-refractivity contribution in [3.8, 4) is 5.75 Å². The number of hydrogen-bond donors (Lipinski definition) is 2. The van der Waals surface area contributed by atoms with E-state index in [1.807, 2.05) is 0 Å². The highest BCUT2D eigenvalue weighted by molar-refractivity contribution is 9.10. The van der Waals surface area contributed by atoms with Gasteiger partial charge in [0.25, 0.3) is 5.56 Å². The molecule has 0 saturated heterocycles. The molecule has 0 amide bonds. The third-order valence-electron chi connectivity index (χ3n) is 1.88. The summed E-state index contributed by atoms with van der Waals surface area (Å²) in [6, 6.07) is 3.68. The smallest absolute Gasteiger partial charge is 0.252 e. The zero-order chi connectivity index (χ0) is 10.3. The van der Waals surface area contributed by atoms with Crippen LogP contribution in [-0.2, 0) is 0 Å². The van der Waals surface area contributed by atoms with Crippen LogP contribution >= 0.6 is 15.9 Å². The number of benzene rings is 1. The monoisotopic (exact) mass is 257 g/mol. The molecular formula is C9H5BrFNO2. The molecule has 3 nitrogen and oxygen atoms in total. The highest BCUT2D eigenvalue weighted by Gasteiger charge is 2.09. The summed E-state index contributed by atoms with van der Waals surface area (Å²) in [6.07, 6.45) is 0. The molecule has 14 heavy (non-hydrogen) atoms. The van der Waals surface area contributed by atoms with Gasteiger partial charge >= 0.3 is 0 Å². The van der Waals surface area contributed by atoms with Crippen LogP contribution in [0.3, 0.4) is 0 Å². The van der Waals surface area contributed by atoms with Crippen LogP contribution in [0.4, 0.5) is 4.39 Å². The molecule has 0 aliphatic carbocycles. The molecule has 1 aromatic heterocycles. The molecule has 0 fully saturated rings. The fraction of sp³-hybridized carbons (Fsp3) is 0. The number of nitrogens with one attached hydrogen (secondary N) is 1. The van der Waals surface area contributed by atoms with E-state index < -0.39 is 11.4 Å². The minimum atomic E-state index is -0.573. The Kier molecular flexibility index (Phi) is 2.03. The highest BCUT2D eigenvalue weighted by Crippen LogP contribution is 2.30. The van der Waals surface area contributed by atoms with Crippen molar-refractivity contribution in [3.63, 3.8) is 0 Å². The lowest BCUT2D eigenvalue weighted by Gasteiger charge is -2.03. The number of pyridine rings is 1. The van der Waals surface area contributed by atoms with Crippen molar-refractivity contribution >= 4 is 26.8 Å². The SMILES string of the molecule is O=c1cc(O)c2c(Br)ccc(F)c2[nH]1. The summed E-state index contributed by atoms with van der Waals surface area (Å²) in [7, 11) is 0. The Balaban J connectivity index is 3.07. The lowest BCUT2D eigenvalue weighted by atomic mass is 10.2. The van der Waals surface area contributed by atoms with E-state index in [0.717, 1.165) is 6.07 Å². The molecule has 0 bridgehead atoms. The Morgan fingerprint density at radius 1 is 1.43 bits per heavy atom. The molecule has 0 atom stereocenters. The third kappa shape index (κ3) is 1.29. The Bertz CT molecular complexity index is 564. The van der Waals surface area contributed by atoms with Gasteiger partial charge in [0.2, 0.25) is 0 Å². The van der Waals surface area contributed by atoms with E-state index in [4.69, 9.17) is 0 Å². The van der Waals surface area contributed by atoms with Gasteiger partial charge in [-0.25, -0.2) is 4.39 Å². The van der Waals surface area contributed by atoms with Gasteiger partial charge < -0.3 is 10.1 Å². The second kappa shape index (κ2) is 3.09. The van der Waals surface area contributed by atoms with Crippen LogP contribution < -0.4 is 5.56 Å². The molecule has 0 radical (unpaired) electrons. The van der Waals surface area contributed by atoms with E-state index in [-0.39, 0.29) is 16.7 Å². The normalized spacial score (nSPS) is 10.7. The van der Waals surface area contributed by atoms with Crippen LogP contribution in [0.5, 0.6) is 5.75 Å². The summed E-state index contributed by atoms with van der Waals surface area (Å²) < 4.78 is 13.8. The predicted octanol–water partition coefficient (Wildman–Crippen LogP) is 2.14. The molecule has 1 heterocycles. The van der Waals surface area contributed by atoms with Gasteiger partial charge in [-0.1, -0.05) is 0 Å². The lowest BCUT2D eigenvalue weighted by Crippen LogP contribution is -2.04. The Labute approximate surface area is 86.3 Å². The number of aromatic hydroxyl groups is 1. The average Bonchev–Trinajstić information content (AvgIpc) is 2.10. The van der Waals surface area contributed by atoms with Crippen LogP contribution in [0.25, 0.3) is 10.9 Å². The number of fused-ring (bicyclic) bond motifs is 1. The summed E-state index contributed by atoms with van der Waals surface area (Å²) >= 11 is 3.16. The molecule has 0 saturated carbocycles. The van der Waals surface area contributed by atoms with Crippen LogP contribution in [0.15, 0.2) is 27.5 Å². The van der Waals surface area contributed by atoms with E-state index in [2.05, 4.69) is 20.9 Å². The number of H-pyrrole nitrogens is 1. The van der Waals surface area contributed by atoms with Gasteiger partial charge in [-0.15, -0.1) is 0 Å². The summed E-state index contributed by atoms with van der Waals surface area (Å²) in [5.74, 6) is -0.814. The first-order chi connectivity index (χ1) is 6.59. The zero-order valence-electron chi connectivity index (χ0n) is 6.84. The molecule has 0 spiro atoms. The van der Waals surface area contributed by atoms with Crippen molar-refractivity contribution < 1.29 is 9.50 Å². The maximum atomic E-state index is 13.2. The molecule has 2 N–H and O–H groups in total. The van der Waals surface area contributed by atoms with Crippen LogP contribution in [0, 0.1) is 5.82 Å². The van der Waals surface area contributed by atoms with Crippen LogP contribution in [0.1, 0.15) is 0 Å². The predicted molar refractivity (Wildman–Crippen MR) is 53.9 cm³/mol. The molecule has 5 heteroatoms. The van der Waals surface area contributed by atoms with Gasteiger partial charge in [0.05, 0.1) is 10.9 Å². The fourth-order valence-corrected chi connectivity index (χ4v) is 1.81. The van der Waals surface area contributed by atoms with E-state index in [1.165, 1.54) is 12.1 Å². The molecular weight excluding hydrogens is 253 g/mol. The second-order valence-corrected chi connectivity index (χ2v) is 3.65. The molecule has 0 unspecified atom stereocenters. The number of aromatic nitrogens is 1. The molecule has 0 aliphatic heterocycles. The summed E-state index contributed by atoms with van der Waals surface area (Å²) in [6.45, 7) is 0. The zero-order valence-corrected chi connectivity index (χ0v) is 8.43.